The van der Waals surface area contributed by atoms with Gasteiger partial charge in [0.2, 0.25) is 0 Å². The second kappa shape index (κ2) is 5.60. The van der Waals surface area contributed by atoms with Gasteiger partial charge in [0.25, 0.3) is 0 Å². The van der Waals surface area contributed by atoms with Crippen LogP contribution in [0.2, 0.25) is 5.02 Å². The lowest BCUT2D eigenvalue weighted by molar-refractivity contribution is 0.0861. The van der Waals surface area contributed by atoms with E-state index in [-0.39, 0.29) is 11.2 Å². The number of benzene rings is 2. The van der Waals surface area contributed by atoms with E-state index in [2.05, 4.69) is 23.6 Å². The Balaban J connectivity index is 2.05. The molecule has 0 bridgehead atoms. The highest BCUT2D eigenvalue weighted by molar-refractivity contribution is 6.30. The molecule has 0 fully saturated rings. The maximum absolute atomic E-state index is 13.1. The molecule has 0 amide bonds. The average Bonchev–Trinajstić information content (AvgIpc) is 3.01. The molecule has 1 aliphatic rings. The van der Waals surface area contributed by atoms with Crippen molar-refractivity contribution in [1.29, 1.82) is 0 Å². The number of rotatable bonds is 2. The molecule has 3 aromatic rings. The van der Waals surface area contributed by atoms with Crippen molar-refractivity contribution < 1.29 is 4.79 Å². The number of hydrogen-bond acceptors (Lipinski definition) is 1. The highest BCUT2D eigenvalue weighted by atomic mass is 35.5. The fraction of sp³-hybridized carbons (Fsp3) is 0.227. The van der Waals surface area contributed by atoms with Gasteiger partial charge in [0.05, 0.1) is 5.69 Å². The second-order valence-corrected chi connectivity index (χ2v) is 7.79. The van der Waals surface area contributed by atoms with Gasteiger partial charge in [-0.3, -0.25) is 4.79 Å². The zero-order chi connectivity index (χ0) is 17.8. The van der Waals surface area contributed by atoms with Crippen LogP contribution >= 0.6 is 11.6 Å². The lowest BCUT2D eigenvalue weighted by Crippen LogP contribution is -2.20. The topological polar surface area (TPSA) is 22.0 Å². The van der Waals surface area contributed by atoms with Gasteiger partial charge in [-0.2, -0.15) is 0 Å². The molecule has 126 valence electrons. The molecule has 0 saturated heterocycles. The summed E-state index contributed by atoms with van der Waals surface area (Å²) in [5.74, 6) is 0.217. The summed E-state index contributed by atoms with van der Waals surface area (Å²) in [7, 11) is 0. The van der Waals surface area contributed by atoms with E-state index in [9.17, 15) is 4.79 Å². The number of hydrogen-bond donors (Lipinski definition) is 0. The van der Waals surface area contributed by atoms with E-state index in [0.717, 1.165) is 40.2 Å². The Labute approximate surface area is 153 Å². The molecule has 1 aromatic heterocycles. The van der Waals surface area contributed by atoms with E-state index in [0.29, 0.717) is 5.02 Å². The Morgan fingerprint density at radius 2 is 1.52 bits per heavy atom. The van der Waals surface area contributed by atoms with Gasteiger partial charge >= 0.3 is 0 Å². The van der Waals surface area contributed by atoms with E-state index in [1.54, 1.807) is 0 Å². The minimum absolute atomic E-state index is 0.217. The number of halogens is 1. The maximum atomic E-state index is 13.1. The van der Waals surface area contributed by atoms with E-state index in [4.69, 9.17) is 11.6 Å². The molecule has 25 heavy (non-hydrogen) atoms. The molecule has 0 radical (unpaired) electrons. The Kier molecular flexibility index (Phi) is 3.62. The first-order chi connectivity index (χ1) is 11.9. The third kappa shape index (κ3) is 2.44. The van der Waals surface area contributed by atoms with E-state index in [1.807, 2.05) is 56.3 Å². The van der Waals surface area contributed by atoms with Crippen molar-refractivity contribution in [3.05, 3.63) is 71.0 Å². The molecule has 0 unspecified atom stereocenters. The highest BCUT2D eigenvalue weighted by Crippen LogP contribution is 2.46. The number of carbonyl (C=O) groups is 1. The second-order valence-electron chi connectivity index (χ2n) is 7.36. The van der Waals surface area contributed by atoms with E-state index in [1.165, 1.54) is 0 Å². The molecule has 4 rings (SSSR count). The van der Waals surface area contributed by atoms with Crippen molar-refractivity contribution in [2.75, 3.05) is 0 Å². The summed E-state index contributed by atoms with van der Waals surface area (Å²) >= 11 is 6.07. The quantitative estimate of drug-likeness (QED) is 0.555. The molecular weight excluding hydrogens is 330 g/mol. The van der Waals surface area contributed by atoms with Gasteiger partial charge in [-0.05, 0) is 30.2 Å². The summed E-state index contributed by atoms with van der Waals surface area (Å²) in [4.78, 5) is 13.1. The molecule has 3 heteroatoms. The Morgan fingerprint density at radius 1 is 0.920 bits per heavy atom. The number of aromatic nitrogens is 1. The SMILES string of the molecule is Cc1c(-c2ccc(Cl)cc2)c(-c2ccccc2)c2n1CC(C)(C)C2=O. The number of nitrogens with zero attached hydrogens (tertiary/aromatic N) is 1. The van der Waals surface area contributed by atoms with Gasteiger partial charge in [-0.15, -0.1) is 0 Å². The monoisotopic (exact) mass is 349 g/mol. The Morgan fingerprint density at radius 3 is 2.16 bits per heavy atom. The predicted octanol–water partition coefficient (Wildman–Crippen LogP) is 6.01. The van der Waals surface area contributed by atoms with Crippen LogP contribution < -0.4 is 0 Å². The summed E-state index contributed by atoms with van der Waals surface area (Å²) in [5, 5.41) is 0.714. The molecule has 2 heterocycles. The zero-order valence-electron chi connectivity index (χ0n) is 14.6. The number of carbonyl (C=O) groups excluding carboxylic acids is 1. The smallest absolute Gasteiger partial charge is 0.187 e. The van der Waals surface area contributed by atoms with Crippen LogP contribution in [0.1, 0.15) is 30.0 Å². The fourth-order valence-electron chi connectivity index (χ4n) is 3.81. The van der Waals surface area contributed by atoms with Gasteiger partial charge in [-0.25, -0.2) is 0 Å². The van der Waals surface area contributed by atoms with Crippen molar-refractivity contribution in [3.63, 3.8) is 0 Å². The standard InChI is InChI=1S/C22H20ClNO/c1-14-18(16-9-11-17(23)12-10-16)19(15-7-5-4-6-8-15)20-21(25)22(2,3)13-24(14)20/h4-12H,13H2,1-3H3. The molecule has 1 aliphatic heterocycles. The van der Waals surface area contributed by atoms with Gasteiger partial charge < -0.3 is 4.57 Å². The maximum Gasteiger partial charge on any atom is 0.187 e. The van der Waals surface area contributed by atoms with Crippen molar-refractivity contribution in [3.8, 4) is 22.3 Å². The van der Waals surface area contributed by atoms with Gasteiger partial charge in [-0.1, -0.05) is 67.9 Å². The minimum Gasteiger partial charge on any atom is -0.340 e. The van der Waals surface area contributed by atoms with Crippen LogP contribution in [0, 0.1) is 12.3 Å². The summed E-state index contributed by atoms with van der Waals surface area (Å²) in [5.41, 5.74) is 5.94. The van der Waals surface area contributed by atoms with Crippen LogP contribution in [0.3, 0.4) is 0 Å². The van der Waals surface area contributed by atoms with Crippen molar-refractivity contribution in [2.45, 2.75) is 27.3 Å². The summed E-state index contributed by atoms with van der Waals surface area (Å²) < 4.78 is 2.19. The first-order valence-electron chi connectivity index (χ1n) is 8.49. The van der Waals surface area contributed by atoms with Gasteiger partial charge in [0.1, 0.15) is 0 Å². The molecule has 2 nitrogen and oxygen atoms in total. The Hall–Kier alpha value is -2.32. The number of fused-ring (bicyclic) bond motifs is 1. The highest BCUT2D eigenvalue weighted by Gasteiger charge is 2.42. The predicted molar refractivity (Wildman–Crippen MR) is 103 cm³/mol. The number of ketones is 1. The third-order valence-electron chi connectivity index (χ3n) is 5.10. The molecule has 0 saturated carbocycles. The lowest BCUT2D eigenvalue weighted by atomic mass is 9.85. The first kappa shape index (κ1) is 16.2. The zero-order valence-corrected chi connectivity index (χ0v) is 15.4. The van der Waals surface area contributed by atoms with Crippen LogP contribution in [0.25, 0.3) is 22.3 Å². The van der Waals surface area contributed by atoms with Gasteiger partial charge in [0, 0.05) is 33.8 Å². The normalized spacial score (nSPS) is 15.4. The largest absolute Gasteiger partial charge is 0.340 e. The van der Waals surface area contributed by atoms with Crippen molar-refractivity contribution >= 4 is 17.4 Å². The third-order valence-corrected chi connectivity index (χ3v) is 5.35. The van der Waals surface area contributed by atoms with Crippen molar-refractivity contribution in [1.82, 2.24) is 4.57 Å². The first-order valence-corrected chi connectivity index (χ1v) is 8.87. The van der Waals surface area contributed by atoms with Crippen LogP contribution in [0.4, 0.5) is 0 Å². The van der Waals surface area contributed by atoms with Crippen molar-refractivity contribution in [2.24, 2.45) is 5.41 Å². The lowest BCUT2D eigenvalue weighted by Gasteiger charge is -2.16. The van der Waals surface area contributed by atoms with Crippen LogP contribution in [-0.2, 0) is 6.54 Å². The molecule has 0 spiro atoms. The summed E-state index contributed by atoms with van der Waals surface area (Å²) in [6.07, 6.45) is 0. The van der Waals surface area contributed by atoms with E-state index >= 15 is 0 Å². The molecule has 0 N–H and O–H groups in total. The summed E-state index contributed by atoms with van der Waals surface area (Å²) in [6, 6.07) is 18.1. The molecule has 2 aromatic carbocycles. The van der Waals surface area contributed by atoms with Crippen LogP contribution in [-0.4, -0.2) is 10.4 Å². The summed E-state index contributed by atoms with van der Waals surface area (Å²) in [6.45, 7) is 6.88. The molecule has 0 atom stereocenters. The number of Topliss-reactive ketones (excluding diaryl/α,β-unsaturated/α-hetero) is 1. The molecular formula is C22H20ClNO. The van der Waals surface area contributed by atoms with Gasteiger partial charge in [0.15, 0.2) is 5.78 Å². The van der Waals surface area contributed by atoms with Crippen LogP contribution in [0.15, 0.2) is 54.6 Å². The molecule has 0 aliphatic carbocycles. The van der Waals surface area contributed by atoms with Crippen LogP contribution in [0.5, 0.6) is 0 Å². The average molecular weight is 350 g/mol. The minimum atomic E-state index is -0.359. The fourth-order valence-corrected chi connectivity index (χ4v) is 3.94. The van der Waals surface area contributed by atoms with E-state index < -0.39 is 0 Å². The Bertz CT molecular complexity index is 966.